The number of carboxylic acids is 1. The first-order valence-corrected chi connectivity index (χ1v) is 8.64. The standard InChI is InChI=1S/C18H34O2.2Li.2H/c1-2-3-4-5-6-7-8-9-10-11-12-13-14-15-16-17-18(19)20;;;;/h9-10H,2-8,11-17H2,1H3,(H,19,20);;;;/b10-9-;;;;. The number of rotatable bonds is 15. The van der Waals surface area contributed by atoms with Crippen LogP contribution in [0.2, 0.25) is 0 Å². The summed E-state index contributed by atoms with van der Waals surface area (Å²) < 4.78 is 0. The third kappa shape index (κ3) is 25.4. The van der Waals surface area contributed by atoms with Crippen LogP contribution in [0.1, 0.15) is 96.8 Å². The second kappa shape index (κ2) is 23.7. The molecule has 2 nitrogen and oxygen atoms in total. The van der Waals surface area contributed by atoms with Gasteiger partial charge in [-0.05, 0) is 32.1 Å². The van der Waals surface area contributed by atoms with Gasteiger partial charge in [-0.15, -0.1) is 0 Å². The van der Waals surface area contributed by atoms with Crippen LogP contribution in [0.15, 0.2) is 12.2 Å². The van der Waals surface area contributed by atoms with E-state index < -0.39 is 5.97 Å². The summed E-state index contributed by atoms with van der Waals surface area (Å²) in [6, 6.07) is 0. The van der Waals surface area contributed by atoms with Crippen molar-refractivity contribution in [3.05, 3.63) is 12.2 Å². The fourth-order valence-corrected chi connectivity index (χ4v) is 2.35. The quantitative estimate of drug-likeness (QED) is 0.267. The van der Waals surface area contributed by atoms with Crippen LogP contribution >= 0.6 is 0 Å². The molecule has 0 aliphatic heterocycles. The van der Waals surface area contributed by atoms with Gasteiger partial charge < -0.3 is 5.11 Å². The number of hydrogen-bond acceptors (Lipinski definition) is 1. The van der Waals surface area contributed by atoms with Crippen molar-refractivity contribution in [3.63, 3.8) is 0 Å². The predicted octanol–water partition coefficient (Wildman–Crippen LogP) is 4.81. The van der Waals surface area contributed by atoms with Crippen LogP contribution in [-0.4, -0.2) is 48.8 Å². The fourth-order valence-electron chi connectivity index (χ4n) is 2.35. The van der Waals surface area contributed by atoms with Gasteiger partial charge >= 0.3 is 43.7 Å². The molecule has 0 heterocycles. The molecule has 0 bridgehead atoms. The van der Waals surface area contributed by atoms with Gasteiger partial charge in [-0.3, -0.25) is 4.79 Å². The SMILES string of the molecule is CCCCCCCC/C=C\CCCCCCCC(=O)O.[LiH].[LiH]. The van der Waals surface area contributed by atoms with Crippen molar-refractivity contribution < 1.29 is 9.90 Å². The molecular formula is C18H36Li2O2. The van der Waals surface area contributed by atoms with E-state index >= 15 is 0 Å². The van der Waals surface area contributed by atoms with E-state index in [0.717, 1.165) is 12.8 Å². The minimum atomic E-state index is -0.664. The summed E-state index contributed by atoms with van der Waals surface area (Å²) in [6.07, 6.45) is 21.2. The zero-order valence-electron chi connectivity index (χ0n) is 13.4. The predicted molar refractivity (Wildman–Crippen MR) is 101 cm³/mol. The number of allylic oxidation sites excluding steroid dienone is 2. The molecule has 0 atom stereocenters. The Morgan fingerprint density at radius 3 is 1.59 bits per heavy atom. The van der Waals surface area contributed by atoms with Crippen molar-refractivity contribution in [3.8, 4) is 0 Å². The second-order valence-electron chi connectivity index (χ2n) is 5.73. The summed E-state index contributed by atoms with van der Waals surface area (Å²) in [5, 5.41) is 8.51. The van der Waals surface area contributed by atoms with Gasteiger partial charge in [-0.1, -0.05) is 70.4 Å². The Labute approximate surface area is 162 Å². The van der Waals surface area contributed by atoms with Crippen molar-refractivity contribution in [2.75, 3.05) is 0 Å². The van der Waals surface area contributed by atoms with Crippen molar-refractivity contribution in [1.29, 1.82) is 0 Å². The first-order chi connectivity index (χ1) is 9.77. The monoisotopic (exact) mass is 298 g/mol. The van der Waals surface area contributed by atoms with Gasteiger partial charge in [0.1, 0.15) is 0 Å². The number of carbonyl (C=O) groups is 1. The Kier molecular flexibility index (Phi) is 29.3. The second-order valence-corrected chi connectivity index (χ2v) is 5.73. The summed E-state index contributed by atoms with van der Waals surface area (Å²) in [7, 11) is 0. The van der Waals surface area contributed by atoms with Gasteiger partial charge in [0.15, 0.2) is 0 Å². The Balaban J connectivity index is -0.00000180. The van der Waals surface area contributed by atoms with E-state index in [4.69, 9.17) is 5.11 Å². The summed E-state index contributed by atoms with van der Waals surface area (Å²) in [4.78, 5) is 10.3. The molecule has 0 rings (SSSR count). The molecule has 0 amide bonds. The van der Waals surface area contributed by atoms with Crippen LogP contribution in [0.25, 0.3) is 0 Å². The molecule has 0 spiro atoms. The van der Waals surface area contributed by atoms with E-state index in [1.165, 1.54) is 70.6 Å². The Morgan fingerprint density at radius 2 is 1.14 bits per heavy atom. The molecule has 1 N–H and O–H groups in total. The Morgan fingerprint density at radius 1 is 0.727 bits per heavy atom. The van der Waals surface area contributed by atoms with Crippen LogP contribution in [0, 0.1) is 0 Å². The van der Waals surface area contributed by atoms with E-state index in [-0.39, 0.29) is 37.7 Å². The van der Waals surface area contributed by atoms with E-state index in [0.29, 0.717) is 6.42 Å². The van der Waals surface area contributed by atoms with Crippen molar-refractivity contribution in [1.82, 2.24) is 0 Å². The number of aliphatic carboxylic acids is 1. The Hall–Kier alpha value is 0.405. The third-order valence-electron chi connectivity index (χ3n) is 3.65. The van der Waals surface area contributed by atoms with E-state index in [1.807, 2.05) is 0 Å². The van der Waals surface area contributed by atoms with Gasteiger partial charge in [-0.25, -0.2) is 0 Å². The number of carboxylic acid groups (broad SMARTS) is 1. The van der Waals surface area contributed by atoms with Crippen LogP contribution in [0.5, 0.6) is 0 Å². The normalized spacial score (nSPS) is 10.2. The maximum atomic E-state index is 10.3. The van der Waals surface area contributed by atoms with Gasteiger partial charge in [0.2, 0.25) is 0 Å². The fraction of sp³-hybridized carbons (Fsp3) is 0.833. The average molecular weight is 298 g/mol. The molecule has 0 radical (unpaired) electrons. The summed E-state index contributed by atoms with van der Waals surface area (Å²) in [5.41, 5.74) is 0. The van der Waals surface area contributed by atoms with Gasteiger partial charge in [0.05, 0.1) is 0 Å². The topological polar surface area (TPSA) is 37.3 Å². The zero-order valence-corrected chi connectivity index (χ0v) is 13.4. The van der Waals surface area contributed by atoms with Crippen molar-refractivity contribution in [2.45, 2.75) is 96.8 Å². The molecule has 0 aromatic carbocycles. The van der Waals surface area contributed by atoms with Crippen LogP contribution < -0.4 is 0 Å². The molecule has 22 heavy (non-hydrogen) atoms. The first-order valence-electron chi connectivity index (χ1n) is 8.64. The third-order valence-corrected chi connectivity index (χ3v) is 3.65. The van der Waals surface area contributed by atoms with Crippen LogP contribution in [-0.2, 0) is 4.79 Å². The molecule has 0 aliphatic carbocycles. The molecule has 0 fully saturated rings. The average Bonchev–Trinajstić information content (AvgIpc) is 2.43. The summed E-state index contributed by atoms with van der Waals surface area (Å²) >= 11 is 0. The molecule has 0 aliphatic rings. The number of hydrogen-bond donors (Lipinski definition) is 1. The van der Waals surface area contributed by atoms with Crippen molar-refractivity contribution in [2.24, 2.45) is 0 Å². The molecule has 4 heteroatoms. The number of unbranched alkanes of at least 4 members (excludes halogenated alkanes) is 11. The summed E-state index contributed by atoms with van der Waals surface area (Å²) in [5.74, 6) is -0.664. The first kappa shape index (κ1) is 27.3. The van der Waals surface area contributed by atoms with Crippen molar-refractivity contribution >= 4 is 43.7 Å². The van der Waals surface area contributed by atoms with Crippen LogP contribution in [0.3, 0.4) is 0 Å². The molecule has 0 saturated heterocycles. The molecule has 0 unspecified atom stereocenters. The molecule has 0 aromatic rings. The molecular weight excluding hydrogens is 262 g/mol. The van der Waals surface area contributed by atoms with Gasteiger partial charge in [-0.2, -0.15) is 0 Å². The minimum absolute atomic E-state index is 0. The van der Waals surface area contributed by atoms with E-state index in [1.54, 1.807) is 0 Å². The maximum absolute atomic E-state index is 10.3. The zero-order chi connectivity index (χ0) is 14.9. The van der Waals surface area contributed by atoms with Gasteiger partial charge in [0, 0.05) is 6.42 Å². The molecule has 122 valence electrons. The summed E-state index contributed by atoms with van der Waals surface area (Å²) in [6.45, 7) is 2.26. The van der Waals surface area contributed by atoms with E-state index in [2.05, 4.69) is 19.1 Å². The van der Waals surface area contributed by atoms with E-state index in [9.17, 15) is 4.79 Å². The Bertz CT molecular complexity index is 243. The molecule has 0 saturated carbocycles. The van der Waals surface area contributed by atoms with Crippen LogP contribution in [0.4, 0.5) is 0 Å². The molecule has 0 aromatic heterocycles. The van der Waals surface area contributed by atoms with Gasteiger partial charge in [0.25, 0.3) is 0 Å².